The van der Waals surface area contributed by atoms with Crippen LogP contribution in [-0.2, 0) is 11.2 Å². The zero-order chi connectivity index (χ0) is 25.1. The van der Waals surface area contributed by atoms with Crippen molar-refractivity contribution in [3.05, 3.63) is 74.4 Å². The van der Waals surface area contributed by atoms with Crippen LogP contribution in [0.4, 0.5) is 5.69 Å². The van der Waals surface area contributed by atoms with Crippen LogP contribution in [0.3, 0.4) is 0 Å². The molecule has 0 radical (unpaired) electrons. The second kappa shape index (κ2) is 8.48. The Hall–Kier alpha value is -3.65. The maximum absolute atomic E-state index is 13.6. The molecule has 0 bridgehead atoms. The average molecular weight is 504 g/mol. The predicted octanol–water partition coefficient (Wildman–Crippen LogP) is 4.10. The maximum atomic E-state index is 13.6. The molecule has 9 heteroatoms. The highest BCUT2D eigenvalue weighted by Crippen LogP contribution is 2.36. The van der Waals surface area contributed by atoms with Crippen LogP contribution in [0.2, 0.25) is 5.02 Å². The number of aryl methyl sites for hydroxylation is 1. The monoisotopic (exact) mass is 503 g/mol. The summed E-state index contributed by atoms with van der Waals surface area (Å²) in [4.78, 5) is 47.5. The van der Waals surface area contributed by atoms with Crippen molar-refractivity contribution in [3.8, 4) is 0 Å². The zero-order valence-electron chi connectivity index (χ0n) is 19.9. The number of nitrogens with zero attached hydrogens (tertiary/aromatic N) is 3. The number of fused-ring (bicyclic) bond motifs is 4. The van der Waals surface area contributed by atoms with Crippen molar-refractivity contribution in [3.63, 3.8) is 0 Å². The Labute approximate surface area is 212 Å². The minimum absolute atomic E-state index is 0.102. The molecule has 0 spiro atoms. The molecular formula is C27H26ClN5O3. The Morgan fingerprint density at radius 2 is 1.89 bits per heavy atom. The zero-order valence-corrected chi connectivity index (χ0v) is 20.6. The van der Waals surface area contributed by atoms with E-state index in [1.54, 1.807) is 23.2 Å². The molecule has 0 saturated heterocycles. The van der Waals surface area contributed by atoms with E-state index < -0.39 is 0 Å². The number of rotatable bonds is 3. The van der Waals surface area contributed by atoms with Gasteiger partial charge < -0.3 is 15.6 Å². The number of nitrogens with two attached hydrogens (primary N) is 1. The normalized spacial score (nSPS) is 19.7. The lowest BCUT2D eigenvalue weighted by molar-refractivity contribution is -0.122. The highest BCUT2D eigenvalue weighted by molar-refractivity contribution is 6.30. The summed E-state index contributed by atoms with van der Waals surface area (Å²) in [5.74, 6) is 0.484. The van der Waals surface area contributed by atoms with E-state index in [9.17, 15) is 14.4 Å². The number of halogens is 1. The van der Waals surface area contributed by atoms with Gasteiger partial charge in [-0.2, -0.15) is 0 Å². The van der Waals surface area contributed by atoms with E-state index in [4.69, 9.17) is 17.3 Å². The number of nitrogens with one attached hydrogen (secondary N) is 1. The van der Waals surface area contributed by atoms with Gasteiger partial charge in [0.15, 0.2) is 0 Å². The van der Waals surface area contributed by atoms with Crippen molar-refractivity contribution in [2.24, 2.45) is 11.7 Å². The maximum Gasteiger partial charge on any atom is 0.274 e. The van der Waals surface area contributed by atoms with Gasteiger partial charge in [0.25, 0.3) is 11.5 Å². The van der Waals surface area contributed by atoms with E-state index in [-0.39, 0.29) is 29.2 Å². The molecule has 0 unspecified atom stereocenters. The third-order valence-corrected chi connectivity index (χ3v) is 8.00. The van der Waals surface area contributed by atoms with Crippen molar-refractivity contribution in [1.29, 1.82) is 0 Å². The van der Waals surface area contributed by atoms with E-state index >= 15 is 0 Å². The van der Waals surface area contributed by atoms with E-state index in [2.05, 4.69) is 9.97 Å². The lowest BCUT2D eigenvalue weighted by Gasteiger charge is -2.26. The molecule has 1 fully saturated rings. The van der Waals surface area contributed by atoms with Crippen LogP contribution in [0.15, 0.2) is 41.3 Å². The molecule has 8 nitrogen and oxygen atoms in total. The number of benzene rings is 2. The molecule has 0 atom stereocenters. The second-order valence-corrected chi connectivity index (χ2v) is 10.3. The van der Waals surface area contributed by atoms with Gasteiger partial charge in [0, 0.05) is 34.7 Å². The number of primary amides is 1. The highest BCUT2D eigenvalue weighted by Gasteiger charge is 2.30. The minimum atomic E-state index is -0.254. The van der Waals surface area contributed by atoms with E-state index in [1.165, 1.54) is 0 Å². The fourth-order valence-corrected chi connectivity index (χ4v) is 6.02. The lowest BCUT2D eigenvalue weighted by Crippen LogP contribution is -2.29. The summed E-state index contributed by atoms with van der Waals surface area (Å²) in [6, 6.07) is 9.31. The summed E-state index contributed by atoms with van der Waals surface area (Å²) < 4.78 is 1.91. The Morgan fingerprint density at radius 3 is 2.64 bits per heavy atom. The van der Waals surface area contributed by atoms with E-state index in [1.807, 2.05) is 29.5 Å². The number of imidazole rings is 1. The molecule has 1 saturated carbocycles. The SMILES string of the molecule is Cc1cc2c(cc1C(=O)N1CCc3cc(Cl)ccc31)[nH]c(=O)c1cnc(C3CCC(C(N)=O)CC3)n12. The topological polar surface area (TPSA) is 114 Å². The largest absolute Gasteiger partial charge is 0.369 e. The van der Waals surface area contributed by atoms with Crippen molar-refractivity contribution in [2.75, 3.05) is 11.4 Å². The van der Waals surface area contributed by atoms with Crippen LogP contribution in [0, 0.1) is 12.8 Å². The quantitative estimate of drug-likeness (QED) is 0.438. The summed E-state index contributed by atoms with van der Waals surface area (Å²) in [5, 5.41) is 0.658. The van der Waals surface area contributed by atoms with Gasteiger partial charge in [0.1, 0.15) is 11.3 Å². The van der Waals surface area contributed by atoms with E-state index in [0.29, 0.717) is 28.2 Å². The van der Waals surface area contributed by atoms with Crippen molar-refractivity contribution in [2.45, 2.75) is 44.9 Å². The van der Waals surface area contributed by atoms with Gasteiger partial charge in [-0.1, -0.05) is 11.6 Å². The molecule has 2 aromatic heterocycles. The van der Waals surface area contributed by atoms with Gasteiger partial charge in [-0.3, -0.25) is 18.8 Å². The van der Waals surface area contributed by atoms with Gasteiger partial charge >= 0.3 is 0 Å². The first-order valence-electron chi connectivity index (χ1n) is 12.3. The number of carbonyl (C=O) groups is 2. The number of aromatic amines is 1. The molecule has 1 aliphatic heterocycles. The van der Waals surface area contributed by atoms with Gasteiger partial charge in [0.2, 0.25) is 5.91 Å². The lowest BCUT2D eigenvalue weighted by atomic mass is 9.81. The van der Waals surface area contributed by atoms with Crippen LogP contribution in [0.5, 0.6) is 0 Å². The third kappa shape index (κ3) is 3.59. The Bertz CT molecular complexity index is 1610. The van der Waals surface area contributed by atoms with Crippen molar-refractivity contribution >= 4 is 45.7 Å². The minimum Gasteiger partial charge on any atom is -0.369 e. The number of carbonyl (C=O) groups excluding carboxylic acids is 2. The van der Waals surface area contributed by atoms with Gasteiger partial charge in [-0.25, -0.2) is 4.98 Å². The van der Waals surface area contributed by atoms with Crippen LogP contribution >= 0.6 is 11.6 Å². The van der Waals surface area contributed by atoms with Crippen LogP contribution in [0.1, 0.15) is 58.9 Å². The molecule has 2 aromatic carbocycles. The Balaban J connectivity index is 1.42. The van der Waals surface area contributed by atoms with Gasteiger partial charge in [-0.05, 0) is 80.5 Å². The first-order chi connectivity index (χ1) is 17.3. The number of H-pyrrole nitrogens is 1. The number of aromatic nitrogens is 3. The summed E-state index contributed by atoms with van der Waals surface area (Å²) in [5.41, 5.74) is 10.4. The van der Waals surface area contributed by atoms with Crippen molar-refractivity contribution < 1.29 is 9.59 Å². The molecule has 2 aliphatic rings. The summed E-state index contributed by atoms with van der Waals surface area (Å²) in [6.45, 7) is 2.50. The van der Waals surface area contributed by atoms with Crippen LogP contribution < -0.4 is 16.2 Å². The second-order valence-electron chi connectivity index (χ2n) is 9.91. The number of anilines is 1. The fourth-order valence-electron chi connectivity index (χ4n) is 5.82. The molecular weight excluding hydrogens is 478 g/mol. The first kappa shape index (κ1) is 22.8. The average Bonchev–Trinajstić information content (AvgIpc) is 3.49. The number of hydrogen-bond acceptors (Lipinski definition) is 4. The molecule has 4 aromatic rings. The van der Waals surface area contributed by atoms with E-state index in [0.717, 1.165) is 60.3 Å². The standard InChI is InChI=1S/C27H26ClN5O3/c1-14-10-22-20(12-19(14)27(36)32-9-8-17-11-18(28)6-7-21(17)32)31-26(35)23-13-30-25(33(22)23)16-4-2-15(3-5-16)24(29)34/h6-7,10-13,15-16H,2-5,8-9H2,1H3,(H2,29,34)(H,31,35). The Kier molecular flexibility index (Phi) is 5.37. The van der Waals surface area contributed by atoms with Crippen LogP contribution in [-0.4, -0.2) is 32.7 Å². The van der Waals surface area contributed by atoms with Crippen LogP contribution in [0.25, 0.3) is 16.6 Å². The molecule has 184 valence electrons. The van der Waals surface area contributed by atoms with Crippen molar-refractivity contribution in [1.82, 2.24) is 14.4 Å². The molecule has 2 amide bonds. The third-order valence-electron chi connectivity index (χ3n) is 7.76. The molecule has 36 heavy (non-hydrogen) atoms. The van der Waals surface area contributed by atoms with Gasteiger partial charge in [0.05, 0.1) is 17.2 Å². The van der Waals surface area contributed by atoms with Gasteiger partial charge in [-0.15, -0.1) is 0 Å². The molecule has 3 heterocycles. The summed E-state index contributed by atoms with van der Waals surface area (Å²) >= 11 is 6.14. The Morgan fingerprint density at radius 1 is 1.11 bits per heavy atom. The number of amides is 2. The fraction of sp³-hybridized carbons (Fsp3) is 0.333. The molecule has 3 N–H and O–H groups in total. The number of hydrogen-bond donors (Lipinski definition) is 2. The predicted molar refractivity (Wildman–Crippen MR) is 139 cm³/mol. The molecule has 1 aliphatic carbocycles. The molecule has 6 rings (SSSR count). The smallest absolute Gasteiger partial charge is 0.274 e. The summed E-state index contributed by atoms with van der Waals surface area (Å²) in [6.07, 6.45) is 5.37. The first-order valence-corrected chi connectivity index (χ1v) is 12.6. The highest BCUT2D eigenvalue weighted by atomic mass is 35.5. The summed E-state index contributed by atoms with van der Waals surface area (Å²) in [7, 11) is 0.